The lowest BCUT2D eigenvalue weighted by Gasteiger charge is -2.22. The molecule has 1 aromatic heterocycles. The molecule has 1 rings (SSSR count). The first-order valence-corrected chi connectivity index (χ1v) is 4.64. The van der Waals surface area contributed by atoms with Crippen LogP contribution in [0.3, 0.4) is 0 Å². The predicted octanol–water partition coefficient (Wildman–Crippen LogP) is 0.392. The average molecular weight is 196 g/mol. The molecular weight excluding hydrogens is 180 g/mol. The number of hydrogen-bond acceptors (Lipinski definition) is 3. The minimum atomic E-state index is -0.730. The number of aliphatic hydroxyl groups excluding tert-OH is 1. The fourth-order valence-corrected chi connectivity index (χ4v) is 1.19. The van der Waals surface area contributed by atoms with Crippen LogP contribution in [-0.4, -0.2) is 16.1 Å². The molecule has 1 heterocycles. The quantitative estimate of drug-likeness (QED) is 0.654. The Morgan fingerprint density at radius 1 is 1.43 bits per heavy atom. The molecule has 0 saturated carbocycles. The number of aliphatic hydroxyl groups is 1. The highest BCUT2D eigenvalue weighted by Gasteiger charge is 2.19. The van der Waals surface area contributed by atoms with Gasteiger partial charge in [-0.15, -0.1) is 0 Å². The van der Waals surface area contributed by atoms with Crippen LogP contribution >= 0.6 is 0 Å². The molecular formula is C10H16N2O2. The van der Waals surface area contributed by atoms with Gasteiger partial charge in [0, 0.05) is 18.3 Å². The fourth-order valence-electron chi connectivity index (χ4n) is 1.19. The number of aromatic amines is 1. The van der Waals surface area contributed by atoms with Gasteiger partial charge in [0.2, 0.25) is 5.56 Å². The summed E-state index contributed by atoms with van der Waals surface area (Å²) in [5, 5.41) is 9.80. The van der Waals surface area contributed by atoms with Crippen molar-refractivity contribution in [1.82, 2.24) is 4.98 Å². The van der Waals surface area contributed by atoms with Crippen LogP contribution in [0.25, 0.3) is 0 Å². The number of aromatic nitrogens is 1. The molecule has 4 N–H and O–H groups in total. The van der Waals surface area contributed by atoms with Crippen molar-refractivity contribution in [1.29, 1.82) is 0 Å². The van der Waals surface area contributed by atoms with Crippen LogP contribution < -0.4 is 11.3 Å². The van der Waals surface area contributed by atoms with Gasteiger partial charge in [0.15, 0.2) is 0 Å². The van der Waals surface area contributed by atoms with E-state index in [0.29, 0.717) is 5.56 Å². The number of H-pyrrole nitrogens is 1. The Morgan fingerprint density at radius 3 is 2.50 bits per heavy atom. The molecule has 0 unspecified atom stereocenters. The van der Waals surface area contributed by atoms with Gasteiger partial charge in [-0.3, -0.25) is 4.79 Å². The van der Waals surface area contributed by atoms with Crippen LogP contribution in [0.1, 0.15) is 25.5 Å². The molecule has 0 spiro atoms. The van der Waals surface area contributed by atoms with Gasteiger partial charge >= 0.3 is 0 Å². The van der Waals surface area contributed by atoms with Crippen molar-refractivity contribution >= 4 is 0 Å². The zero-order valence-corrected chi connectivity index (χ0v) is 8.40. The second-order valence-corrected chi connectivity index (χ2v) is 3.75. The molecule has 4 heteroatoms. The number of nitrogens with two attached hydrogens (primary N) is 1. The van der Waals surface area contributed by atoms with E-state index >= 15 is 0 Å². The van der Waals surface area contributed by atoms with Gasteiger partial charge in [-0.25, -0.2) is 0 Å². The smallest absolute Gasteiger partial charge is 0.247 e. The zero-order valence-electron chi connectivity index (χ0n) is 8.40. The summed E-state index contributed by atoms with van der Waals surface area (Å²) in [6.45, 7) is 3.89. The maximum Gasteiger partial charge on any atom is 0.247 e. The average Bonchev–Trinajstić information content (AvgIpc) is 2.16. The van der Waals surface area contributed by atoms with E-state index < -0.39 is 6.10 Å². The molecule has 0 aromatic carbocycles. The van der Waals surface area contributed by atoms with Crippen LogP contribution in [0.4, 0.5) is 0 Å². The molecule has 0 bridgehead atoms. The molecule has 14 heavy (non-hydrogen) atoms. The molecule has 0 saturated heterocycles. The standard InChI is InChI=1S/C10H16N2O2/c1-6(2)9(11)10(14)7-3-4-8(13)12-5-7/h3-6,9-10,14H,11H2,1-2H3,(H,12,13)/t9-,10-/m1/s1. The third kappa shape index (κ3) is 2.43. The van der Waals surface area contributed by atoms with Gasteiger partial charge in [-0.05, 0) is 17.5 Å². The summed E-state index contributed by atoms with van der Waals surface area (Å²) in [5.74, 6) is 0.192. The molecule has 0 fully saturated rings. The van der Waals surface area contributed by atoms with Crippen LogP contribution in [0.15, 0.2) is 23.1 Å². The van der Waals surface area contributed by atoms with Crippen LogP contribution in [0, 0.1) is 5.92 Å². The van der Waals surface area contributed by atoms with Crippen molar-refractivity contribution < 1.29 is 5.11 Å². The fraction of sp³-hybridized carbons (Fsp3) is 0.500. The van der Waals surface area contributed by atoms with Crippen LogP contribution in [0.2, 0.25) is 0 Å². The summed E-state index contributed by atoms with van der Waals surface area (Å²) >= 11 is 0. The minimum absolute atomic E-state index is 0.181. The normalized spacial score (nSPS) is 15.5. The van der Waals surface area contributed by atoms with Gasteiger partial charge in [0.05, 0.1) is 6.10 Å². The predicted molar refractivity (Wildman–Crippen MR) is 54.8 cm³/mol. The Bertz CT molecular complexity index is 326. The molecule has 0 aliphatic heterocycles. The number of pyridine rings is 1. The molecule has 4 nitrogen and oxygen atoms in total. The van der Waals surface area contributed by atoms with Crippen molar-refractivity contribution in [2.45, 2.75) is 26.0 Å². The maximum atomic E-state index is 10.8. The molecule has 0 aliphatic rings. The summed E-state index contributed by atoms with van der Waals surface area (Å²) in [6, 6.07) is 2.65. The highest BCUT2D eigenvalue weighted by Crippen LogP contribution is 2.18. The molecule has 78 valence electrons. The van der Waals surface area contributed by atoms with Gasteiger partial charge in [0.1, 0.15) is 0 Å². The third-order valence-electron chi connectivity index (χ3n) is 2.28. The lowest BCUT2D eigenvalue weighted by Crippen LogP contribution is -2.33. The van der Waals surface area contributed by atoms with Crippen molar-refractivity contribution in [3.05, 3.63) is 34.2 Å². The first kappa shape index (κ1) is 10.9. The summed E-state index contributed by atoms with van der Waals surface area (Å²) < 4.78 is 0. The second-order valence-electron chi connectivity index (χ2n) is 3.75. The van der Waals surface area contributed by atoms with Gasteiger partial charge in [0.25, 0.3) is 0 Å². The lowest BCUT2D eigenvalue weighted by atomic mass is 9.95. The van der Waals surface area contributed by atoms with Crippen LogP contribution in [-0.2, 0) is 0 Å². The lowest BCUT2D eigenvalue weighted by molar-refractivity contribution is 0.125. The van der Waals surface area contributed by atoms with Crippen molar-refractivity contribution in [3.63, 3.8) is 0 Å². The molecule has 1 aromatic rings. The monoisotopic (exact) mass is 196 g/mol. The van der Waals surface area contributed by atoms with E-state index in [9.17, 15) is 9.90 Å². The Morgan fingerprint density at radius 2 is 2.07 bits per heavy atom. The number of rotatable bonds is 3. The Labute approximate surface area is 82.8 Å². The topological polar surface area (TPSA) is 79.1 Å². The number of hydrogen-bond donors (Lipinski definition) is 3. The minimum Gasteiger partial charge on any atom is -0.387 e. The van der Waals surface area contributed by atoms with Crippen molar-refractivity contribution in [2.75, 3.05) is 0 Å². The zero-order chi connectivity index (χ0) is 10.7. The number of nitrogens with one attached hydrogen (secondary N) is 1. The van der Waals surface area contributed by atoms with Crippen LogP contribution in [0.5, 0.6) is 0 Å². The van der Waals surface area contributed by atoms with Crippen molar-refractivity contribution in [3.8, 4) is 0 Å². The molecule has 2 atom stereocenters. The first-order chi connectivity index (χ1) is 6.52. The highest BCUT2D eigenvalue weighted by atomic mass is 16.3. The summed E-state index contributed by atoms with van der Waals surface area (Å²) in [7, 11) is 0. The Hall–Kier alpha value is -1.13. The van der Waals surface area contributed by atoms with E-state index in [-0.39, 0.29) is 17.5 Å². The van der Waals surface area contributed by atoms with E-state index in [1.807, 2.05) is 13.8 Å². The second kappa shape index (κ2) is 4.39. The van der Waals surface area contributed by atoms with Crippen molar-refractivity contribution in [2.24, 2.45) is 11.7 Å². The Kier molecular flexibility index (Phi) is 3.43. The third-order valence-corrected chi connectivity index (χ3v) is 2.28. The summed E-state index contributed by atoms with van der Waals surface area (Å²) in [4.78, 5) is 13.3. The van der Waals surface area contributed by atoms with Gasteiger partial charge < -0.3 is 15.8 Å². The summed E-state index contributed by atoms with van der Waals surface area (Å²) in [5.41, 5.74) is 6.25. The molecule has 0 amide bonds. The van der Waals surface area contributed by atoms with Gasteiger partial charge in [-0.1, -0.05) is 13.8 Å². The highest BCUT2D eigenvalue weighted by molar-refractivity contribution is 5.13. The van der Waals surface area contributed by atoms with E-state index in [1.165, 1.54) is 12.3 Å². The molecule has 0 radical (unpaired) electrons. The maximum absolute atomic E-state index is 10.8. The SMILES string of the molecule is CC(C)[C@@H](N)[C@H](O)c1ccc(=O)[nH]c1. The van der Waals surface area contributed by atoms with E-state index in [1.54, 1.807) is 6.07 Å². The Balaban J connectivity index is 2.84. The van der Waals surface area contributed by atoms with E-state index in [0.717, 1.165) is 0 Å². The first-order valence-electron chi connectivity index (χ1n) is 4.64. The van der Waals surface area contributed by atoms with Gasteiger partial charge in [-0.2, -0.15) is 0 Å². The molecule has 0 aliphatic carbocycles. The van der Waals surface area contributed by atoms with E-state index in [2.05, 4.69) is 4.98 Å². The van der Waals surface area contributed by atoms with E-state index in [4.69, 9.17) is 5.73 Å². The largest absolute Gasteiger partial charge is 0.387 e. The summed E-state index contributed by atoms with van der Waals surface area (Å²) in [6.07, 6.45) is 0.766.